The fraction of sp³-hybridized carbons (Fsp3) is 0.333. The molecule has 1 atom stereocenters. The topological polar surface area (TPSA) is 93.3 Å². The third kappa shape index (κ3) is 2.66. The Morgan fingerprint density at radius 2 is 2.20 bits per heavy atom. The SMILES string of the molecule is O=S1(=O)CCC(c2noc(-c3cc(I)ccc3O)n2)C1. The van der Waals surface area contributed by atoms with E-state index in [9.17, 15) is 13.5 Å². The first-order valence-corrected chi connectivity index (χ1v) is 8.87. The van der Waals surface area contributed by atoms with Gasteiger partial charge in [0.1, 0.15) is 5.75 Å². The molecule has 6 nitrogen and oxygen atoms in total. The van der Waals surface area contributed by atoms with Crippen molar-refractivity contribution in [2.75, 3.05) is 11.5 Å². The fourth-order valence-corrected chi connectivity index (χ4v) is 4.42. The maximum Gasteiger partial charge on any atom is 0.261 e. The molecule has 106 valence electrons. The molecule has 2 heterocycles. The second kappa shape index (κ2) is 4.99. The predicted octanol–water partition coefficient (Wildman–Crippen LogP) is 1.95. The van der Waals surface area contributed by atoms with Gasteiger partial charge in [0.15, 0.2) is 15.7 Å². The summed E-state index contributed by atoms with van der Waals surface area (Å²) in [4.78, 5) is 4.22. The van der Waals surface area contributed by atoms with Crippen LogP contribution in [0.3, 0.4) is 0 Å². The van der Waals surface area contributed by atoms with Gasteiger partial charge in [-0.25, -0.2) is 8.42 Å². The summed E-state index contributed by atoms with van der Waals surface area (Å²) in [6, 6.07) is 5.06. The number of rotatable bonds is 2. The van der Waals surface area contributed by atoms with Gasteiger partial charge in [0.2, 0.25) is 0 Å². The summed E-state index contributed by atoms with van der Waals surface area (Å²) in [6.45, 7) is 0. The van der Waals surface area contributed by atoms with Gasteiger partial charge in [-0.15, -0.1) is 0 Å². The van der Waals surface area contributed by atoms with Gasteiger partial charge in [0, 0.05) is 9.49 Å². The summed E-state index contributed by atoms with van der Waals surface area (Å²) in [5.74, 6) is 0.655. The Morgan fingerprint density at radius 3 is 2.90 bits per heavy atom. The van der Waals surface area contributed by atoms with Crippen molar-refractivity contribution in [2.45, 2.75) is 12.3 Å². The first-order chi connectivity index (χ1) is 9.44. The van der Waals surface area contributed by atoms with Crippen LogP contribution in [0, 0.1) is 3.57 Å². The first kappa shape index (κ1) is 13.8. The van der Waals surface area contributed by atoms with Crippen molar-refractivity contribution in [1.29, 1.82) is 0 Å². The van der Waals surface area contributed by atoms with E-state index in [4.69, 9.17) is 4.52 Å². The molecule has 8 heteroatoms. The lowest BCUT2D eigenvalue weighted by molar-refractivity contribution is 0.413. The van der Waals surface area contributed by atoms with Crippen LogP contribution in [0.4, 0.5) is 0 Å². The van der Waals surface area contributed by atoms with Gasteiger partial charge in [0.05, 0.1) is 17.1 Å². The zero-order valence-corrected chi connectivity index (χ0v) is 13.3. The maximum atomic E-state index is 11.5. The van der Waals surface area contributed by atoms with Crippen molar-refractivity contribution in [3.8, 4) is 17.2 Å². The molecule has 20 heavy (non-hydrogen) atoms. The molecule has 0 amide bonds. The number of hydrogen-bond donors (Lipinski definition) is 1. The lowest BCUT2D eigenvalue weighted by Crippen LogP contribution is -2.05. The van der Waals surface area contributed by atoms with Crippen LogP contribution >= 0.6 is 22.6 Å². The number of aromatic nitrogens is 2. The van der Waals surface area contributed by atoms with Crippen molar-refractivity contribution in [1.82, 2.24) is 10.1 Å². The van der Waals surface area contributed by atoms with Gasteiger partial charge >= 0.3 is 0 Å². The molecular weight excluding hydrogens is 395 g/mol. The van der Waals surface area contributed by atoms with E-state index in [1.807, 2.05) is 0 Å². The van der Waals surface area contributed by atoms with E-state index in [0.29, 0.717) is 17.8 Å². The van der Waals surface area contributed by atoms with E-state index >= 15 is 0 Å². The third-order valence-corrected chi connectivity index (χ3v) is 5.67. The highest BCUT2D eigenvalue weighted by atomic mass is 127. The molecule has 0 saturated carbocycles. The molecule has 1 aromatic heterocycles. The Hall–Kier alpha value is -1.16. The van der Waals surface area contributed by atoms with Gasteiger partial charge in [-0.2, -0.15) is 4.98 Å². The number of phenols is 1. The number of aromatic hydroxyl groups is 1. The second-order valence-electron chi connectivity index (χ2n) is 4.72. The van der Waals surface area contributed by atoms with Crippen molar-refractivity contribution < 1.29 is 18.0 Å². The van der Waals surface area contributed by atoms with Gasteiger partial charge in [-0.05, 0) is 47.2 Å². The number of benzene rings is 1. The Labute approximate surface area is 129 Å². The number of phenolic OH excluding ortho intramolecular Hbond substituents is 1. The van der Waals surface area contributed by atoms with Crippen molar-refractivity contribution in [3.63, 3.8) is 0 Å². The molecule has 1 aliphatic rings. The third-order valence-electron chi connectivity index (χ3n) is 3.23. The minimum Gasteiger partial charge on any atom is -0.507 e. The quantitative estimate of drug-likeness (QED) is 0.767. The number of nitrogens with zero attached hydrogens (tertiary/aromatic N) is 2. The largest absolute Gasteiger partial charge is 0.507 e. The van der Waals surface area contributed by atoms with Gasteiger partial charge in [-0.1, -0.05) is 5.16 Å². The molecule has 0 radical (unpaired) electrons. The Kier molecular flexibility index (Phi) is 3.44. The highest BCUT2D eigenvalue weighted by Crippen LogP contribution is 2.32. The summed E-state index contributed by atoms with van der Waals surface area (Å²) >= 11 is 2.12. The Bertz CT molecular complexity index is 757. The molecule has 2 aromatic rings. The van der Waals surface area contributed by atoms with Crippen LogP contribution in [-0.4, -0.2) is 35.2 Å². The highest BCUT2D eigenvalue weighted by molar-refractivity contribution is 14.1. The zero-order chi connectivity index (χ0) is 14.3. The maximum absolute atomic E-state index is 11.5. The minimum absolute atomic E-state index is 0.0552. The van der Waals surface area contributed by atoms with E-state index in [1.54, 1.807) is 18.2 Å². The molecule has 0 spiro atoms. The summed E-state index contributed by atoms with van der Waals surface area (Å²) in [7, 11) is -2.99. The van der Waals surface area contributed by atoms with Crippen LogP contribution in [0.1, 0.15) is 18.2 Å². The molecule has 3 rings (SSSR count). The minimum atomic E-state index is -2.99. The summed E-state index contributed by atoms with van der Waals surface area (Å²) in [6.07, 6.45) is 0.514. The molecule has 1 saturated heterocycles. The molecule has 0 bridgehead atoms. The molecule has 1 unspecified atom stereocenters. The van der Waals surface area contributed by atoms with E-state index in [-0.39, 0.29) is 29.1 Å². The van der Waals surface area contributed by atoms with Gasteiger partial charge in [0.25, 0.3) is 5.89 Å². The van der Waals surface area contributed by atoms with Crippen LogP contribution in [-0.2, 0) is 9.84 Å². The zero-order valence-electron chi connectivity index (χ0n) is 10.3. The van der Waals surface area contributed by atoms with Crippen LogP contribution in [0.15, 0.2) is 22.7 Å². The number of halogens is 1. The van der Waals surface area contributed by atoms with Gasteiger partial charge < -0.3 is 9.63 Å². The fourth-order valence-electron chi connectivity index (χ4n) is 2.19. The normalized spacial score (nSPS) is 21.1. The molecule has 0 aliphatic carbocycles. The molecule has 1 aromatic carbocycles. The van der Waals surface area contributed by atoms with Crippen LogP contribution in [0.2, 0.25) is 0 Å². The predicted molar refractivity (Wildman–Crippen MR) is 80.1 cm³/mol. The van der Waals surface area contributed by atoms with E-state index in [0.717, 1.165) is 3.57 Å². The van der Waals surface area contributed by atoms with E-state index in [2.05, 4.69) is 32.7 Å². The Morgan fingerprint density at radius 1 is 1.40 bits per heavy atom. The lowest BCUT2D eigenvalue weighted by Gasteiger charge is -2.00. The van der Waals surface area contributed by atoms with Crippen LogP contribution in [0.25, 0.3) is 11.5 Å². The summed E-state index contributed by atoms with van der Waals surface area (Å²) < 4.78 is 29.0. The van der Waals surface area contributed by atoms with Crippen LogP contribution < -0.4 is 0 Å². The van der Waals surface area contributed by atoms with E-state index in [1.165, 1.54) is 0 Å². The molecule has 1 aliphatic heterocycles. The number of sulfone groups is 1. The molecular formula is C12H11IN2O4S. The first-order valence-electron chi connectivity index (χ1n) is 5.97. The summed E-state index contributed by atoms with van der Waals surface area (Å²) in [5.41, 5.74) is 0.455. The summed E-state index contributed by atoms with van der Waals surface area (Å²) in [5, 5.41) is 13.7. The average Bonchev–Trinajstić information content (AvgIpc) is 2.98. The van der Waals surface area contributed by atoms with Crippen LogP contribution in [0.5, 0.6) is 5.75 Å². The smallest absolute Gasteiger partial charge is 0.261 e. The standard InChI is InChI=1S/C12H11IN2O4S/c13-8-1-2-10(16)9(5-8)12-14-11(15-19-12)7-3-4-20(17,18)6-7/h1-2,5,7,16H,3-4,6H2. The monoisotopic (exact) mass is 406 g/mol. The second-order valence-corrected chi connectivity index (χ2v) is 8.19. The van der Waals surface area contributed by atoms with Crippen molar-refractivity contribution in [2.24, 2.45) is 0 Å². The van der Waals surface area contributed by atoms with Crippen molar-refractivity contribution >= 4 is 32.4 Å². The van der Waals surface area contributed by atoms with Crippen molar-refractivity contribution in [3.05, 3.63) is 27.6 Å². The highest BCUT2D eigenvalue weighted by Gasteiger charge is 2.32. The molecule has 1 N–H and O–H groups in total. The molecule has 1 fully saturated rings. The van der Waals surface area contributed by atoms with E-state index < -0.39 is 9.84 Å². The lowest BCUT2D eigenvalue weighted by atomic mass is 10.1. The average molecular weight is 406 g/mol. The van der Waals surface area contributed by atoms with Gasteiger partial charge in [-0.3, -0.25) is 0 Å². The Balaban J connectivity index is 1.93. The number of hydrogen-bond acceptors (Lipinski definition) is 6.